The van der Waals surface area contributed by atoms with E-state index in [9.17, 15) is 13.2 Å². The molecule has 3 rings (SSSR count). The van der Waals surface area contributed by atoms with Crippen LogP contribution < -0.4 is 9.46 Å². The van der Waals surface area contributed by atoms with Crippen LogP contribution in [0.2, 0.25) is 0 Å². The van der Waals surface area contributed by atoms with Crippen molar-refractivity contribution in [2.24, 2.45) is 7.05 Å². The number of sulfonamides is 1. The van der Waals surface area contributed by atoms with Crippen LogP contribution in [-0.2, 0) is 17.1 Å². The van der Waals surface area contributed by atoms with Gasteiger partial charge in [-0.3, -0.25) is 4.79 Å². The van der Waals surface area contributed by atoms with E-state index in [0.29, 0.717) is 5.82 Å². The third-order valence-corrected chi connectivity index (χ3v) is 6.45. The number of hydrogen-bond acceptors (Lipinski definition) is 6. The summed E-state index contributed by atoms with van der Waals surface area (Å²) in [6, 6.07) is 13.8. The number of methoxy groups -OCH3 is 1. The number of nitrogens with zero attached hydrogens (tertiary/aromatic N) is 2. The molecule has 0 bridgehead atoms. The quantitative estimate of drug-likeness (QED) is 0.577. The van der Waals surface area contributed by atoms with Crippen molar-refractivity contribution >= 4 is 27.7 Å². The average Bonchev–Trinajstić information content (AvgIpc) is 3.10. The van der Waals surface area contributed by atoms with E-state index in [1.54, 1.807) is 35.5 Å². The molecular formula is C20H21N3O4S2. The molecule has 29 heavy (non-hydrogen) atoms. The molecule has 0 spiro atoms. The number of thioether (sulfide) groups is 1. The molecule has 3 aromatic rings. The molecule has 1 heterocycles. The van der Waals surface area contributed by atoms with Crippen LogP contribution in [0, 0.1) is 0 Å². The molecule has 0 unspecified atom stereocenters. The standard InChI is InChI=1S/C20H21N3O4S2/c1-4-28-17-11-7-5-9-14(17)19-21-15(13-23(19)2)20(24)22-29(25,26)18-12-8-6-10-16(18)27-3/h5-13H,4H2,1-3H3,(H,22,24). The van der Waals surface area contributed by atoms with Gasteiger partial charge in [-0.15, -0.1) is 11.8 Å². The molecule has 7 nitrogen and oxygen atoms in total. The number of amides is 1. The number of rotatable bonds is 7. The fraction of sp³-hybridized carbons (Fsp3) is 0.200. The Morgan fingerprint density at radius 3 is 2.59 bits per heavy atom. The zero-order chi connectivity index (χ0) is 21.0. The second-order valence-electron chi connectivity index (χ2n) is 6.08. The van der Waals surface area contributed by atoms with Crippen molar-refractivity contribution in [3.63, 3.8) is 0 Å². The highest BCUT2D eigenvalue weighted by Gasteiger charge is 2.24. The van der Waals surface area contributed by atoms with Gasteiger partial charge in [-0.05, 0) is 24.0 Å². The maximum absolute atomic E-state index is 12.6. The van der Waals surface area contributed by atoms with E-state index in [1.807, 2.05) is 24.3 Å². The van der Waals surface area contributed by atoms with Crippen molar-refractivity contribution in [2.45, 2.75) is 16.7 Å². The first-order valence-corrected chi connectivity index (χ1v) is 11.3. The van der Waals surface area contributed by atoms with Gasteiger partial charge in [0.1, 0.15) is 22.2 Å². The third kappa shape index (κ3) is 4.46. The van der Waals surface area contributed by atoms with E-state index >= 15 is 0 Å². The molecule has 0 aliphatic heterocycles. The average molecular weight is 432 g/mol. The molecule has 1 amide bonds. The van der Waals surface area contributed by atoms with Crippen LogP contribution in [0.3, 0.4) is 0 Å². The lowest BCUT2D eigenvalue weighted by molar-refractivity contribution is 0.0977. The van der Waals surface area contributed by atoms with Gasteiger partial charge in [-0.25, -0.2) is 18.1 Å². The molecule has 0 atom stereocenters. The minimum Gasteiger partial charge on any atom is -0.495 e. The lowest BCUT2D eigenvalue weighted by Gasteiger charge is -2.09. The summed E-state index contributed by atoms with van der Waals surface area (Å²) in [5.41, 5.74) is 0.894. The number of carbonyl (C=O) groups excluding carboxylic acids is 1. The summed E-state index contributed by atoms with van der Waals surface area (Å²) in [6.45, 7) is 2.06. The van der Waals surface area contributed by atoms with Gasteiger partial charge in [-0.1, -0.05) is 37.3 Å². The lowest BCUT2D eigenvalue weighted by Crippen LogP contribution is -2.31. The Morgan fingerprint density at radius 2 is 1.86 bits per heavy atom. The summed E-state index contributed by atoms with van der Waals surface area (Å²) in [5, 5.41) is 0. The molecule has 2 aromatic carbocycles. The van der Waals surface area contributed by atoms with E-state index in [2.05, 4.69) is 16.6 Å². The fourth-order valence-corrected chi connectivity index (χ4v) is 4.76. The summed E-state index contributed by atoms with van der Waals surface area (Å²) in [6.07, 6.45) is 1.51. The van der Waals surface area contributed by atoms with Crippen LogP contribution >= 0.6 is 11.8 Å². The Bertz CT molecular complexity index is 1140. The van der Waals surface area contributed by atoms with E-state index in [4.69, 9.17) is 4.74 Å². The molecule has 0 saturated heterocycles. The topological polar surface area (TPSA) is 90.3 Å². The third-order valence-electron chi connectivity index (χ3n) is 4.12. The molecule has 0 aliphatic carbocycles. The van der Waals surface area contributed by atoms with Crippen LogP contribution in [0.15, 0.2) is 64.5 Å². The summed E-state index contributed by atoms with van der Waals surface area (Å²) >= 11 is 1.67. The van der Waals surface area contributed by atoms with Gasteiger partial charge in [0.05, 0.1) is 7.11 Å². The number of benzene rings is 2. The largest absolute Gasteiger partial charge is 0.495 e. The maximum Gasteiger partial charge on any atom is 0.285 e. The molecule has 9 heteroatoms. The highest BCUT2D eigenvalue weighted by atomic mass is 32.2. The number of carbonyl (C=O) groups is 1. The highest BCUT2D eigenvalue weighted by molar-refractivity contribution is 7.99. The number of hydrogen-bond donors (Lipinski definition) is 1. The zero-order valence-corrected chi connectivity index (χ0v) is 17.9. The van der Waals surface area contributed by atoms with Gasteiger partial charge < -0.3 is 9.30 Å². The molecule has 0 fully saturated rings. The summed E-state index contributed by atoms with van der Waals surface area (Å²) < 4.78 is 34.2. The van der Waals surface area contributed by atoms with Gasteiger partial charge >= 0.3 is 0 Å². The minimum absolute atomic E-state index is 0.0114. The van der Waals surface area contributed by atoms with Gasteiger partial charge in [0, 0.05) is 23.7 Å². The van der Waals surface area contributed by atoms with Crippen molar-refractivity contribution < 1.29 is 17.9 Å². The zero-order valence-electron chi connectivity index (χ0n) is 16.2. The van der Waals surface area contributed by atoms with Crippen LogP contribution in [0.5, 0.6) is 5.75 Å². The van der Waals surface area contributed by atoms with Gasteiger partial charge in [0.2, 0.25) is 0 Å². The molecule has 0 radical (unpaired) electrons. The van der Waals surface area contributed by atoms with Gasteiger partial charge in [0.15, 0.2) is 0 Å². The maximum atomic E-state index is 12.6. The van der Waals surface area contributed by atoms with Crippen molar-refractivity contribution in [2.75, 3.05) is 12.9 Å². The van der Waals surface area contributed by atoms with Gasteiger partial charge in [-0.2, -0.15) is 0 Å². The lowest BCUT2D eigenvalue weighted by atomic mass is 10.2. The molecule has 1 N–H and O–H groups in total. The first kappa shape index (κ1) is 20.9. The van der Waals surface area contributed by atoms with Crippen LogP contribution in [0.25, 0.3) is 11.4 Å². The van der Waals surface area contributed by atoms with E-state index in [-0.39, 0.29) is 16.3 Å². The monoisotopic (exact) mass is 431 g/mol. The molecule has 0 aliphatic rings. The van der Waals surface area contributed by atoms with Crippen LogP contribution in [0.1, 0.15) is 17.4 Å². The number of para-hydroxylation sites is 1. The summed E-state index contributed by atoms with van der Waals surface area (Å²) in [7, 11) is -0.980. The highest BCUT2D eigenvalue weighted by Crippen LogP contribution is 2.30. The Labute approximate surface area is 174 Å². The van der Waals surface area contributed by atoms with Gasteiger partial charge in [0.25, 0.3) is 15.9 Å². The number of nitrogens with one attached hydrogen (secondary N) is 1. The van der Waals surface area contributed by atoms with E-state index in [0.717, 1.165) is 16.2 Å². The first-order chi connectivity index (χ1) is 13.9. The SMILES string of the molecule is CCSc1ccccc1-c1nc(C(=O)NS(=O)(=O)c2ccccc2OC)cn1C. The molecule has 152 valence electrons. The Hall–Kier alpha value is -2.78. The second-order valence-corrected chi connectivity index (χ2v) is 9.03. The van der Waals surface area contributed by atoms with E-state index in [1.165, 1.54) is 25.4 Å². The number of aryl methyl sites for hydroxylation is 1. The Balaban J connectivity index is 1.91. The number of ether oxygens (including phenoxy) is 1. The molecular weight excluding hydrogens is 410 g/mol. The first-order valence-electron chi connectivity index (χ1n) is 8.83. The summed E-state index contributed by atoms with van der Waals surface area (Å²) in [4.78, 5) is 17.9. The van der Waals surface area contributed by atoms with Crippen LogP contribution in [-0.4, -0.2) is 36.7 Å². The van der Waals surface area contributed by atoms with E-state index < -0.39 is 15.9 Å². The normalized spacial score (nSPS) is 11.3. The number of aromatic nitrogens is 2. The Morgan fingerprint density at radius 1 is 1.17 bits per heavy atom. The van der Waals surface area contributed by atoms with Crippen LogP contribution in [0.4, 0.5) is 0 Å². The van der Waals surface area contributed by atoms with Crippen molar-refractivity contribution in [1.29, 1.82) is 0 Å². The predicted octanol–water partition coefficient (Wildman–Crippen LogP) is 3.33. The molecule has 0 saturated carbocycles. The molecule has 1 aromatic heterocycles. The smallest absolute Gasteiger partial charge is 0.285 e. The number of imidazole rings is 1. The minimum atomic E-state index is -4.11. The van der Waals surface area contributed by atoms with Crippen molar-refractivity contribution in [3.8, 4) is 17.1 Å². The Kier molecular flexibility index (Phi) is 6.29. The second kappa shape index (κ2) is 8.71. The van der Waals surface area contributed by atoms with Crippen molar-refractivity contribution in [3.05, 3.63) is 60.4 Å². The van der Waals surface area contributed by atoms with Crippen molar-refractivity contribution in [1.82, 2.24) is 14.3 Å². The predicted molar refractivity (Wildman–Crippen MR) is 113 cm³/mol. The fourth-order valence-electron chi connectivity index (χ4n) is 2.83. The summed E-state index contributed by atoms with van der Waals surface area (Å²) in [5.74, 6) is 0.825.